The van der Waals surface area contributed by atoms with Gasteiger partial charge in [-0.2, -0.15) is 0 Å². The average Bonchev–Trinajstić information content (AvgIpc) is 2.85. The summed E-state index contributed by atoms with van der Waals surface area (Å²) in [7, 11) is 1.43. The lowest BCUT2D eigenvalue weighted by Crippen LogP contribution is -2.28. The molecule has 0 amide bonds. The van der Waals surface area contributed by atoms with Crippen LogP contribution in [0.3, 0.4) is 0 Å². The van der Waals surface area contributed by atoms with Gasteiger partial charge < -0.3 is 10.1 Å². The molecule has 1 unspecified atom stereocenters. The van der Waals surface area contributed by atoms with Crippen LogP contribution in [-0.2, 0) is 22.5 Å². The number of carbonyl (C=O) groups is 1. The molecule has 0 radical (unpaired) electrons. The normalized spacial score (nSPS) is 18.8. The van der Waals surface area contributed by atoms with Gasteiger partial charge in [0.15, 0.2) is 0 Å². The molecule has 0 aromatic carbocycles. The van der Waals surface area contributed by atoms with Gasteiger partial charge in [0.05, 0.1) is 13.5 Å². The maximum atomic E-state index is 11.2. The van der Waals surface area contributed by atoms with E-state index in [-0.39, 0.29) is 5.97 Å². The van der Waals surface area contributed by atoms with Crippen molar-refractivity contribution < 1.29 is 9.53 Å². The number of allylic oxidation sites excluding steroid dienone is 1. The van der Waals surface area contributed by atoms with Crippen LogP contribution >= 0.6 is 11.3 Å². The van der Waals surface area contributed by atoms with Gasteiger partial charge in [-0.25, -0.2) is 0 Å². The predicted octanol–water partition coefficient (Wildman–Crippen LogP) is 2.66. The zero-order chi connectivity index (χ0) is 12.8. The van der Waals surface area contributed by atoms with E-state index < -0.39 is 0 Å². The lowest BCUT2D eigenvalue weighted by Gasteiger charge is -2.18. The molecular formula is C14H19NO2S. The Labute approximate surface area is 112 Å². The summed E-state index contributed by atoms with van der Waals surface area (Å²) in [5.74, 6) is -0.172. The molecule has 1 aromatic heterocycles. The van der Waals surface area contributed by atoms with E-state index in [1.165, 1.54) is 24.8 Å². The van der Waals surface area contributed by atoms with Crippen LogP contribution in [0.5, 0.6) is 0 Å². The minimum atomic E-state index is -0.172. The summed E-state index contributed by atoms with van der Waals surface area (Å²) < 4.78 is 4.66. The minimum Gasteiger partial charge on any atom is -0.469 e. The third-order valence-corrected chi connectivity index (χ3v) is 4.18. The number of nitrogens with one attached hydrogen (secondary N) is 1. The van der Waals surface area contributed by atoms with Crippen LogP contribution in [-0.4, -0.2) is 19.1 Å². The molecule has 3 nitrogen and oxygen atoms in total. The first-order valence-corrected chi connectivity index (χ1v) is 7.12. The third-order valence-electron chi connectivity index (χ3n) is 3.10. The Bertz CT molecular complexity index is 425. The maximum absolute atomic E-state index is 11.2. The first kappa shape index (κ1) is 13.3. The molecule has 2 rings (SSSR count). The molecule has 98 valence electrons. The molecule has 0 saturated carbocycles. The summed E-state index contributed by atoms with van der Waals surface area (Å²) in [4.78, 5) is 13.5. The van der Waals surface area contributed by atoms with E-state index in [0.29, 0.717) is 12.5 Å². The lowest BCUT2D eigenvalue weighted by atomic mass is 10.0. The van der Waals surface area contributed by atoms with Crippen molar-refractivity contribution in [2.75, 3.05) is 7.11 Å². The fourth-order valence-electron chi connectivity index (χ4n) is 2.05. The highest BCUT2D eigenvalue weighted by molar-refractivity contribution is 7.12. The van der Waals surface area contributed by atoms with E-state index in [2.05, 4.69) is 28.3 Å². The molecule has 0 bridgehead atoms. The second kappa shape index (κ2) is 6.71. The summed E-state index contributed by atoms with van der Waals surface area (Å²) in [6.07, 6.45) is 8.40. The highest BCUT2D eigenvalue weighted by atomic mass is 32.1. The highest BCUT2D eigenvalue weighted by Crippen LogP contribution is 2.18. The standard InChI is InChI=1S/C14H19NO2S/c1-17-14(16)9-12-7-8-13(18-12)10-15-11-5-3-2-4-6-11/h2-3,7-8,11,15H,4-6,9-10H2,1H3. The topological polar surface area (TPSA) is 38.3 Å². The second-order valence-electron chi connectivity index (χ2n) is 4.48. The number of ether oxygens (including phenoxy) is 1. The average molecular weight is 265 g/mol. The summed E-state index contributed by atoms with van der Waals surface area (Å²) in [5.41, 5.74) is 0. The number of thiophene rings is 1. The van der Waals surface area contributed by atoms with Crippen LogP contribution in [0.1, 0.15) is 29.0 Å². The summed E-state index contributed by atoms with van der Waals surface area (Å²) >= 11 is 1.68. The van der Waals surface area contributed by atoms with E-state index in [4.69, 9.17) is 0 Å². The van der Waals surface area contributed by atoms with Gasteiger partial charge in [0.1, 0.15) is 0 Å². The van der Waals surface area contributed by atoms with Crippen LogP contribution in [0.15, 0.2) is 24.3 Å². The van der Waals surface area contributed by atoms with Gasteiger partial charge in [-0.1, -0.05) is 12.2 Å². The Hall–Kier alpha value is -1.13. The Balaban J connectivity index is 1.79. The molecule has 1 aliphatic carbocycles. The first-order chi connectivity index (χ1) is 8.78. The number of carbonyl (C=O) groups excluding carboxylic acids is 1. The second-order valence-corrected chi connectivity index (χ2v) is 5.74. The fraction of sp³-hybridized carbons (Fsp3) is 0.500. The molecule has 0 saturated heterocycles. The van der Waals surface area contributed by atoms with Crippen LogP contribution < -0.4 is 5.32 Å². The van der Waals surface area contributed by atoms with Gasteiger partial charge in [-0.15, -0.1) is 11.3 Å². The highest BCUT2D eigenvalue weighted by Gasteiger charge is 2.10. The van der Waals surface area contributed by atoms with Crippen LogP contribution in [0.25, 0.3) is 0 Å². The summed E-state index contributed by atoms with van der Waals surface area (Å²) in [6, 6.07) is 4.70. The van der Waals surface area contributed by atoms with Crippen molar-refractivity contribution in [3.8, 4) is 0 Å². The molecule has 0 fully saturated rings. The van der Waals surface area contributed by atoms with Gasteiger partial charge in [0, 0.05) is 22.3 Å². The van der Waals surface area contributed by atoms with E-state index >= 15 is 0 Å². The Morgan fingerprint density at radius 1 is 1.44 bits per heavy atom. The van der Waals surface area contributed by atoms with Gasteiger partial charge in [-0.05, 0) is 31.4 Å². The smallest absolute Gasteiger partial charge is 0.310 e. The van der Waals surface area contributed by atoms with Crippen molar-refractivity contribution in [2.24, 2.45) is 0 Å². The maximum Gasteiger partial charge on any atom is 0.310 e. The summed E-state index contributed by atoms with van der Waals surface area (Å²) in [5, 5.41) is 3.56. The first-order valence-electron chi connectivity index (χ1n) is 6.30. The molecule has 4 heteroatoms. The molecular weight excluding hydrogens is 246 g/mol. The largest absolute Gasteiger partial charge is 0.469 e. The molecule has 1 atom stereocenters. The van der Waals surface area contributed by atoms with Crippen molar-refractivity contribution in [3.05, 3.63) is 34.0 Å². The molecule has 1 aliphatic rings. The van der Waals surface area contributed by atoms with Crippen molar-refractivity contribution in [1.29, 1.82) is 0 Å². The number of esters is 1. The third kappa shape index (κ3) is 3.96. The fourth-order valence-corrected chi connectivity index (χ4v) is 3.01. The zero-order valence-corrected chi connectivity index (χ0v) is 11.5. The lowest BCUT2D eigenvalue weighted by molar-refractivity contribution is -0.139. The molecule has 1 heterocycles. The van der Waals surface area contributed by atoms with Crippen LogP contribution in [0, 0.1) is 0 Å². The van der Waals surface area contributed by atoms with Crippen molar-refractivity contribution in [2.45, 2.75) is 38.3 Å². The van der Waals surface area contributed by atoms with Crippen LogP contribution in [0.2, 0.25) is 0 Å². The van der Waals surface area contributed by atoms with Gasteiger partial charge in [0.2, 0.25) is 0 Å². The minimum absolute atomic E-state index is 0.172. The van der Waals surface area contributed by atoms with Gasteiger partial charge >= 0.3 is 5.97 Å². The van der Waals surface area contributed by atoms with Crippen molar-refractivity contribution >= 4 is 17.3 Å². The van der Waals surface area contributed by atoms with E-state index in [1.54, 1.807) is 11.3 Å². The van der Waals surface area contributed by atoms with E-state index in [1.807, 2.05) is 6.07 Å². The number of methoxy groups -OCH3 is 1. The SMILES string of the molecule is COC(=O)Cc1ccc(CNC2CC=CCC2)s1. The number of hydrogen-bond acceptors (Lipinski definition) is 4. The molecule has 18 heavy (non-hydrogen) atoms. The Morgan fingerprint density at radius 2 is 2.28 bits per heavy atom. The molecule has 0 spiro atoms. The molecule has 1 N–H and O–H groups in total. The van der Waals surface area contributed by atoms with Gasteiger partial charge in [-0.3, -0.25) is 4.79 Å². The van der Waals surface area contributed by atoms with E-state index in [0.717, 1.165) is 17.8 Å². The number of hydrogen-bond donors (Lipinski definition) is 1. The summed E-state index contributed by atoms with van der Waals surface area (Å²) in [6.45, 7) is 0.893. The number of rotatable bonds is 5. The van der Waals surface area contributed by atoms with Crippen LogP contribution in [0.4, 0.5) is 0 Å². The monoisotopic (exact) mass is 265 g/mol. The van der Waals surface area contributed by atoms with Gasteiger partial charge in [0.25, 0.3) is 0 Å². The molecule has 1 aromatic rings. The van der Waals surface area contributed by atoms with E-state index in [9.17, 15) is 4.79 Å². The molecule has 0 aliphatic heterocycles. The zero-order valence-electron chi connectivity index (χ0n) is 10.6. The Kier molecular flexibility index (Phi) is 4.96. The Morgan fingerprint density at radius 3 is 3.00 bits per heavy atom. The quantitative estimate of drug-likeness (QED) is 0.657. The predicted molar refractivity (Wildman–Crippen MR) is 73.7 cm³/mol. The van der Waals surface area contributed by atoms with Crippen molar-refractivity contribution in [3.63, 3.8) is 0 Å². The van der Waals surface area contributed by atoms with Crippen molar-refractivity contribution in [1.82, 2.24) is 5.32 Å².